The van der Waals surface area contributed by atoms with Crippen molar-refractivity contribution in [2.75, 3.05) is 4.90 Å². The van der Waals surface area contributed by atoms with E-state index in [0.29, 0.717) is 16.3 Å². The summed E-state index contributed by atoms with van der Waals surface area (Å²) >= 11 is 5.94. The van der Waals surface area contributed by atoms with Crippen LogP contribution in [0, 0.1) is 0 Å². The van der Waals surface area contributed by atoms with Gasteiger partial charge in [0.15, 0.2) is 0 Å². The molecule has 3 nitrogen and oxygen atoms in total. The zero-order valence-corrected chi connectivity index (χ0v) is 13.3. The Morgan fingerprint density at radius 1 is 0.913 bits per heavy atom. The van der Waals surface area contributed by atoms with Crippen LogP contribution in [0.25, 0.3) is 0 Å². The summed E-state index contributed by atoms with van der Waals surface area (Å²) < 4.78 is 0. The van der Waals surface area contributed by atoms with Crippen molar-refractivity contribution in [2.45, 2.75) is 31.1 Å². The molecular formula is C19H16ClNO2. The molecule has 2 aromatic rings. The molecule has 1 heterocycles. The van der Waals surface area contributed by atoms with E-state index in [-0.39, 0.29) is 11.8 Å². The van der Waals surface area contributed by atoms with Crippen molar-refractivity contribution >= 4 is 29.1 Å². The van der Waals surface area contributed by atoms with Gasteiger partial charge in [-0.25, -0.2) is 4.90 Å². The number of hydrogen-bond donors (Lipinski definition) is 0. The van der Waals surface area contributed by atoms with Crippen LogP contribution in [-0.2, 0) is 10.2 Å². The minimum Gasteiger partial charge on any atom is -0.273 e. The summed E-state index contributed by atoms with van der Waals surface area (Å²) in [6, 6.07) is 14.4. The van der Waals surface area contributed by atoms with E-state index < -0.39 is 5.41 Å². The molecule has 1 aliphatic heterocycles. The maximum atomic E-state index is 13.3. The number of benzene rings is 2. The van der Waals surface area contributed by atoms with Crippen LogP contribution < -0.4 is 4.90 Å². The van der Waals surface area contributed by atoms with E-state index in [9.17, 15) is 9.59 Å². The Balaban J connectivity index is 1.91. The molecule has 0 bridgehead atoms. The molecule has 4 rings (SSSR count). The number of amides is 2. The van der Waals surface area contributed by atoms with Gasteiger partial charge in [0.2, 0.25) is 5.91 Å². The molecule has 1 spiro atoms. The smallest absolute Gasteiger partial charge is 0.265 e. The maximum absolute atomic E-state index is 13.3. The molecule has 0 atom stereocenters. The third kappa shape index (κ3) is 2.03. The second kappa shape index (κ2) is 5.20. The lowest BCUT2D eigenvalue weighted by atomic mass is 9.72. The van der Waals surface area contributed by atoms with Gasteiger partial charge in [0.25, 0.3) is 5.91 Å². The molecule has 1 fully saturated rings. The minimum absolute atomic E-state index is 0.0963. The summed E-state index contributed by atoms with van der Waals surface area (Å²) in [5, 5.41) is 0.585. The fourth-order valence-corrected chi connectivity index (χ4v) is 4.04. The Hall–Kier alpha value is -2.13. The van der Waals surface area contributed by atoms with E-state index in [1.807, 2.05) is 24.3 Å². The summed E-state index contributed by atoms with van der Waals surface area (Å²) in [5.41, 5.74) is 1.58. The van der Waals surface area contributed by atoms with Crippen molar-refractivity contribution < 1.29 is 9.59 Å². The second-order valence-electron chi connectivity index (χ2n) is 6.26. The van der Waals surface area contributed by atoms with E-state index in [2.05, 4.69) is 0 Å². The molecule has 1 aliphatic carbocycles. The van der Waals surface area contributed by atoms with Gasteiger partial charge in [0.05, 0.1) is 11.1 Å². The van der Waals surface area contributed by atoms with Crippen LogP contribution >= 0.6 is 11.6 Å². The minimum atomic E-state index is -0.551. The third-order valence-corrected chi connectivity index (χ3v) is 5.28. The number of fused-ring (bicyclic) bond motifs is 2. The van der Waals surface area contributed by atoms with Gasteiger partial charge < -0.3 is 0 Å². The van der Waals surface area contributed by atoms with Gasteiger partial charge in [0, 0.05) is 10.6 Å². The van der Waals surface area contributed by atoms with Crippen molar-refractivity contribution in [1.82, 2.24) is 0 Å². The fourth-order valence-electron chi connectivity index (χ4n) is 3.92. The van der Waals surface area contributed by atoms with E-state index in [4.69, 9.17) is 11.6 Å². The Kier molecular flexibility index (Phi) is 3.27. The summed E-state index contributed by atoms with van der Waals surface area (Å²) in [5.74, 6) is -0.341. The predicted molar refractivity (Wildman–Crippen MR) is 89.9 cm³/mol. The average Bonchev–Trinajstić information content (AvgIpc) is 3.06. The molecule has 116 valence electrons. The normalized spacial score (nSPS) is 19.3. The van der Waals surface area contributed by atoms with Crippen LogP contribution in [-0.4, -0.2) is 11.8 Å². The monoisotopic (exact) mass is 325 g/mol. The van der Waals surface area contributed by atoms with Crippen LogP contribution in [0.5, 0.6) is 0 Å². The second-order valence-corrected chi connectivity index (χ2v) is 6.69. The molecule has 0 saturated heterocycles. The highest BCUT2D eigenvalue weighted by atomic mass is 35.5. The molecule has 0 aromatic heterocycles. The molecule has 1 saturated carbocycles. The largest absolute Gasteiger partial charge is 0.273 e. The van der Waals surface area contributed by atoms with Crippen LogP contribution in [0.1, 0.15) is 41.6 Å². The van der Waals surface area contributed by atoms with Crippen LogP contribution in [0.2, 0.25) is 5.02 Å². The first-order valence-electron chi connectivity index (χ1n) is 7.87. The number of imide groups is 1. The number of rotatable bonds is 1. The lowest BCUT2D eigenvalue weighted by molar-refractivity contribution is -0.123. The first-order chi connectivity index (χ1) is 11.1. The SMILES string of the molecule is O=C1c2ccccc2C2(CCCC2)C(=O)N1c1ccc(Cl)cc1. The fraction of sp³-hybridized carbons (Fsp3) is 0.263. The molecule has 0 radical (unpaired) electrons. The van der Waals surface area contributed by atoms with E-state index in [1.54, 1.807) is 24.3 Å². The zero-order chi connectivity index (χ0) is 16.0. The summed E-state index contributed by atoms with van der Waals surface area (Å²) in [4.78, 5) is 27.5. The van der Waals surface area contributed by atoms with Crippen molar-refractivity contribution in [3.8, 4) is 0 Å². The van der Waals surface area contributed by atoms with Gasteiger partial charge in [-0.1, -0.05) is 42.6 Å². The van der Waals surface area contributed by atoms with E-state index >= 15 is 0 Å². The molecule has 0 unspecified atom stereocenters. The van der Waals surface area contributed by atoms with Gasteiger partial charge in [-0.2, -0.15) is 0 Å². The first kappa shape index (κ1) is 14.5. The number of anilines is 1. The van der Waals surface area contributed by atoms with Crippen molar-refractivity contribution in [3.63, 3.8) is 0 Å². The maximum Gasteiger partial charge on any atom is 0.265 e. The highest BCUT2D eigenvalue weighted by molar-refractivity contribution is 6.31. The van der Waals surface area contributed by atoms with Crippen LogP contribution in [0.3, 0.4) is 0 Å². The Bertz CT molecular complexity index is 791. The van der Waals surface area contributed by atoms with Crippen molar-refractivity contribution in [3.05, 3.63) is 64.7 Å². The molecule has 2 aliphatic rings. The molecule has 0 N–H and O–H groups in total. The molecular weight excluding hydrogens is 310 g/mol. The number of hydrogen-bond acceptors (Lipinski definition) is 2. The third-order valence-electron chi connectivity index (χ3n) is 5.03. The van der Waals surface area contributed by atoms with Gasteiger partial charge in [-0.15, -0.1) is 0 Å². The summed E-state index contributed by atoms with van der Waals surface area (Å²) in [7, 11) is 0. The highest BCUT2D eigenvalue weighted by Crippen LogP contribution is 2.47. The topological polar surface area (TPSA) is 37.4 Å². The first-order valence-corrected chi connectivity index (χ1v) is 8.25. The molecule has 2 amide bonds. The summed E-state index contributed by atoms with van der Waals surface area (Å²) in [6.45, 7) is 0. The van der Waals surface area contributed by atoms with E-state index in [1.165, 1.54) is 4.90 Å². The number of carbonyl (C=O) groups excluding carboxylic acids is 2. The molecule has 2 aromatic carbocycles. The lowest BCUT2D eigenvalue weighted by Gasteiger charge is -2.39. The lowest BCUT2D eigenvalue weighted by Crippen LogP contribution is -2.53. The van der Waals surface area contributed by atoms with Crippen LogP contribution in [0.15, 0.2) is 48.5 Å². The van der Waals surface area contributed by atoms with Gasteiger partial charge >= 0.3 is 0 Å². The van der Waals surface area contributed by atoms with Gasteiger partial charge in [0.1, 0.15) is 0 Å². The standard InChI is InChI=1S/C19H16ClNO2/c20-13-7-9-14(10-8-13)21-17(22)15-5-1-2-6-16(15)19(18(21)23)11-3-4-12-19/h1-2,5-10H,3-4,11-12H2. The molecule has 4 heteroatoms. The molecule has 23 heavy (non-hydrogen) atoms. The zero-order valence-electron chi connectivity index (χ0n) is 12.6. The Labute approximate surface area is 139 Å². The Morgan fingerprint density at radius 2 is 1.57 bits per heavy atom. The van der Waals surface area contributed by atoms with Gasteiger partial charge in [-0.05, 0) is 48.7 Å². The Morgan fingerprint density at radius 3 is 2.26 bits per heavy atom. The van der Waals surface area contributed by atoms with E-state index in [0.717, 1.165) is 31.2 Å². The summed E-state index contributed by atoms with van der Waals surface area (Å²) in [6.07, 6.45) is 3.64. The van der Waals surface area contributed by atoms with Crippen molar-refractivity contribution in [1.29, 1.82) is 0 Å². The predicted octanol–water partition coefficient (Wildman–Crippen LogP) is 4.34. The van der Waals surface area contributed by atoms with Crippen LogP contribution in [0.4, 0.5) is 5.69 Å². The quantitative estimate of drug-likeness (QED) is 0.731. The van der Waals surface area contributed by atoms with Gasteiger partial charge in [-0.3, -0.25) is 9.59 Å². The average molecular weight is 326 g/mol. The number of halogens is 1. The number of nitrogens with zero attached hydrogens (tertiary/aromatic N) is 1. The number of carbonyl (C=O) groups is 2. The highest BCUT2D eigenvalue weighted by Gasteiger charge is 2.52. The van der Waals surface area contributed by atoms with Crippen molar-refractivity contribution in [2.24, 2.45) is 0 Å².